The number of halogens is 4. The van der Waals surface area contributed by atoms with E-state index in [1.54, 1.807) is 12.1 Å². The Hall–Kier alpha value is -3.46. The maximum absolute atomic E-state index is 14.0. The third-order valence-corrected chi connectivity index (χ3v) is 5.42. The second-order valence-corrected chi connectivity index (χ2v) is 7.66. The molecule has 2 N–H and O–H groups in total. The van der Waals surface area contributed by atoms with Gasteiger partial charge in [0.25, 0.3) is 0 Å². The number of methoxy groups -OCH3 is 1. The van der Waals surface area contributed by atoms with Crippen molar-refractivity contribution in [2.45, 2.75) is 31.1 Å². The lowest BCUT2D eigenvalue weighted by Crippen LogP contribution is -2.38. The van der Waals surface area contributed by atoms with E-state index in [1.165, 1.54) is 32.5 Å². The van der Waals surface area contributed by atoms with Crippen LogP contribution in [0.2, 0.25) is 0 Å². The van der Waals surface area contributed by atoms with E-state index in [0.29, 0.717) is 24.0 Å². The van der Waals surface area contributed by atoms with Crippen molar-refractivity contribution in [1.82, 2.24) is 15.6 Å². The first-order valence-electron chi connectivity index (χ1n) is 10.6. The number of ether oxygens (including phenoxy) is 1. The van der Waals surface area contributed by atoms with Crippen LogP contribution in [-0.2, 0) is 17.4 Å². The predicted octanol–water partition coefficient (Wildman–Crippen LogP) is 5.00. The van der Waals surface area contributed by atoms with Gasteiger partial charge in [0, 0.05) is 19.3 Å². The summed E-state index contributed by atoms with van der Waals surface area (Å²) in [5.41, 5.74) is 1.04. The highest BCUT2D eigenvalue weighted by atomic mass is 19.4. The summed E-state index contributed by atoms with van der Waals surface area (Å²) in [6.45, 7) is 0. The Kier molecular flexibility index (Phi) is 8.22. The van der Waals surface area contributed by atoms with Gasteiger partial charge >= 0.3 is 6.18 Å². The zero-order valence-electron chi connectivity index (χ0n) is 18.7. The molecule has 1 amide bonds. The van der Waals surface area contributed by atoms with E-state index in [-0.39, 0.29) is 11.7 Å². The van der Waals surface area contributed by atoms with Gasteiger partial charge in [0.05, 0.1) is 7.11 Å². The minimum Gasteiger partial charge on any atom is -0.494 e. The average Bonchev–Trinajstić information content (AvgIpc) is 2.84. The third-order valence-electron chi connectivity index (χ3n) is 5.42. The molecule has 2 atom stereocenters. The molecule has 3 rings (SSSR count). The lowest BCUT2D eigenvalue weighted by molar-refractivity contribution is -0.141. The summed E-state index contributed by atoms with van der Waals surface area (Å²) in [4.78, 5) is 16.2. The SMILES string of the molecule is CNC(=O)[C@@H](N[C@@H](CCc1ccc(C(F)(F)F)nc1)c1ccc(F)c(OC)c1)c1ccccc1. The Morgan fingerprint density at radius 1 is 1.06 bits per heavy atom. The van der Waals surface area contributed by atoms with Crippen molar-refractivity contribution in [3.63, 3.8) is 0 Å². The number of nitrogens with zero attached hydrogens (tertiary/aromatic N) is 1. The smallest absolute Gasteiger partial charge is 0.433 e. The number of hydrogen-bond donors (Lipinski definition) is 2. The van der Waals surface area contributed by atoms with Crippen molar-refractivity contribution in [3.05, 3.63) is 95.1 Å². The number of aromatic nitrogens is 1. The number of rotatable bonds is 9. The fourth-order valence-corrected chi connectivity index (χ4v) is 3.60. The molecule has 2 aromatic carbocycles. The molecular weight excluding hydrogens is 450 g/mol. The molecule has 0 aliphatic carbocycles. The van der Waals surface area contributed by atoms with E-state index >= 15 is 0 Å². The van der Waals surface area contributed by atoms with Crippen molar-refractivity contribution in [1.29, 1.82) is 0 Å². The first kappa shape index (κ1) is 25.2. The fraction of sp³-hybridized carbons (Fsp3) is 0.280. The molecule has 0 saturated carbocycles. The monoisotopic (exact) mass is 475 g/mol. The summed E-state index contributed by atoms with van der Waals surface area (Å²) in [7, 11) is 2.89. The van der Waals surface area contributed by atoms with Gasteiger partial charge in [-0.3, -0.25) is 15.1 Å². The quantitative estimate of drug-likeness (QED) is 0.428. The summed E-state index contributed by atoms with van der Waals surface area (Å²) in [6.07, 6.45) is -2.54. The van der Waals surface area contributed by atoms with Crippen molar-refractivity contribution >= 4 is 5.91 Å². The highest BCUT2D eigenvalue weighted by Crippen LogP contribution is 2.30. The van der Waals surface area contributed by atoms with E-state index < -0.39 is 29.8 Å². The van der Waals surface area contributed by atoms with Gasteiger partial charge in [-0.05, 0) is 47.7 Å². The molecule has 0 saturated heterocycles. The number of likely N-dealkylation sites (N-methyl/N-ethyl adjacent to an activating group) is 1. The Bertz CT molecular complexity index is 1090. The number of nitrogens with one attached hydrogen (secondary N) is 2. The van der Waals surface area contributed by atoms with Gasteiger partial charge in [-0.1, -0.05) is 42.5 Å². The van der Waals surface area contributed by atoms with E-state index in [4.69, 9.17) is 4.74 Å². The molecule has 0 unspecified atom stereocenters. The van der Waals surface area contributed by atoms with Crippen LogP contribution in [0.25, 0.3) is 0 Å². The Labute approximate surface area is 195 Å². The highest BCUT2D eigenvalue weighted by Gasteiger charge is 2.32. The molecule has 0 aliphatic heterocycles. The first-order chi connectivity index (χ1) is 16.2. The van der Waals surface area contributed by atoms with Crippen LogP contribution in [0.4, 0.5) is 17.6 Å². The summed E-state index contributed by atoms with van der Waals surface area (Å²) in [5, 5.41) is 5.97. The van der Waals surface area contributed by atoms with E-state index in [9.17, 15) is 22.4 Å². The number of alkyl halides is 3. The standard InChI is InChI=1S/C25H25F4N3O2/c1-30-24(33)23(17-6-4-3-5-7-17)32-20(18-10-11-19(26)21(14-18)34-2)12-8-16-9-13-22(31-15-16)25(27,28)29/h3-7,9-11,13-15,20,23,32H,8,12H2,1-2H3,(H,30,33)/t20-,23-/m0/s1. The second-order valence-electron chi connectivity index (χ2n) is 7.66. The molecule has 1 heterocycles. The first-order valence-corrected chi connectivity index (χ1v) is 10.6. The summed E-state index contributed by atoms with van der Waals surface area (Å²) in [6, 6.07) is 14.7. The number of carbonyl (C=O) groups excluding carboxylic acids is 1. The third kappa shape index (κ3) is 6.32. The molecule has 5 nitrogen and oxygen atoms in total. The van der Waals surface area contributed by atoms with E-state index in [1.807, 2.05) is 30.3 Å². The summed E-state index contributed by atoms with van der Waals surface area (Å²) >= 11 is 0. The van der Waals surface area contributed by atoms with Crippen molar-refractivity contribution < 1.29 is 27.1 Å². The molecule has 0 bridgehead atoms. The van der Waals surface area contributed by atoms with Crippen LogP contribution in [0.1, 0.15) is 40.9 Å². The number of hydrogen-bond acceptors (Lipinski definition) is 4. The minimum atomic E-state index is -4.51. The number of carbonyl (C=O) groups is 1. The van der Waals surface area contributed by atoms with Gasteiger partial charge in [0.15, 0.2) is 11.6 Å². The molecule has 3 aromatic rings. The van der Waals surface area contributed by atoms with Crippen LogP contribution in [-0.4, -0.2) is 25.0 Å². The molecule has 0 radical (unpaired) electrons. The van der Waals surface area contributed by atoms with Gasteiger partial charge in [-0.15, -0.1) is 0 Å². The fourth-order valence-electron chi connectivity index (χ4n) is 3.60. The molecular formula is C25H25F4N3O2. The van der Waals surface area contributed by atoms with E-state index in [2.05, 4.69) is 15.6 Å². The lowest BCUT2D eigenvalue weighted by atomic mass is 9.96. The Balaban J connectivity index is 1.89. The molecule has 180 valence electrons. The van der Waals surface area contributed by atoms with Crippen LogP contribution >= 0.6 is 0 Å². The Morgan fingerprint density at radius 3 is 2.38 bits per heavy atom. The molecule has 1 aromatic heterocycles. The zero-order valence-corrected chi connectivity index (χ0v) is 18.7. The summed E-state index contributed by atoms with van der Waals surface area (Å²) in [5.74, 6) is -0.735. The number of aryl methyl sites for hydroxylation is 1. The lowest BCUT2D eigenvalue weighted by Gasteiger charge is -2.26. The maximum Gasteiger partial charge on any atom is 0.433 e. The Morgan fingerprint density at radius 2 is 1.79 bits per heavy atom. The van der Waals surface area contributed by atoms with Crippen LogP contribution in [0, 0.1) is 5.82 Å². The van der Waals surface area contributed by atoms with Crippen LogP contribution in [0.15, 0.2) is 66.9 Å². The topological polar surface area (TPSA) is 63.2 Å². The normalized spacial score (nSPS) is 13.2. The number of pyridine rings is 1. The summed E-state index contributed by atoms with van der Waals surface area (Å²) < 4.78 is 57.6. The van der Waals surface area contributed by atoms with Crippen molar-refractivity contribution in [3.8, 4) is 5.75 Å². The van der Waals surface area contributed by atoms with Gasteiger partial charge in [-0.25, -0.2) is 4.39 Å². The largest absolute Gasteiger partial charge is 0.494 e. The van der Waals surface area contributed by atoms with Crippen molar-refractivity contribution in [2.75, 3.05) is 14.2 Å². The van der Waals surface area contributed by atoms with E-state index in [0.717, 1.165) is 11.6 Å². The second kappa shape index (κ2) is 11.1. The van der Waals surface area contributed by atoms with Gasteiger partial charge in [0.1, 0.15) is 11.7 Å². The zero-order chi connectivity index (χ0) is 24.7. The average molecular weight is 475 g/mol. The molecule has 34 heavy (non-hydrogen) atoms. The maximum atomic E-state index is 14.0. The van der Waals surface area contributed by atoms with Crippen LogP contribution in [0.5, 0.6) is 5.75 Å². The van der Waals surface area contributed by atoms with Crippen LogP contribution in [0.3, 0.4) is 0 Å². The molecule has 0 aliphatic rings. The highest BCUT2D eigenvalue weighted by molar-refractivity contribution is 5.83. The number of amides is 1. The van der Waals surface area contributed by atoms with Crippen molar-refractivity contribution in [2.24, 2.45) is 0 Å². The van der Waals surface area contributed by atoms with Gasteiger partial charge in [0.2, 0.25) is 5.91 Å². The predicted molar refractivity (Wildman–Crippen MR) is 120 cm³/mol. The minimum absolute atomic E-state index is 0.0525. The van der Waals surface area contributed by atoms with Crippen LogP contribution < -0.4 is 15.4 Å². The molecule has 0 spiro atoms. The molecule has 0 fully saturated rings. The molecule has 9 heteroatoms. The van der Waals surface area contributed by atoms with Gasteiger partial charge < -0.3 is 10.1 Å². The number of benzene rings is 2. The van der Waals surface area contributed by atoms with Gasteiger partial charge in [-0.2, -0.15) is 13.2 Å².